The Morgan fingerprint density at radius 1 is 1.13 bits per heavy atom. The Kier molecular flexibility index (Phi) is 4.68. The summed E-state index contributed by atoms with van der Waals surface area (Å²) < 4.78 is 0. The van der Waals surface area contributed by atoms with Crippen molar-refractivity contribution in [3.8, 4) is 0 Å². The number of hydrogen-bond acceptors (Lipinski definition) is 1. The van der Waals surface area contributed by atoms with Crippen LogP contribution in [0.2, 0.25) is 5.02 Å². The molecule has 0 saturated carbocycles. The molecule has 23 heavy (non-hydrogen) atoms. The third kappa shape index (κ3) is 3.74. The van der Waals surface area contributed by atoms with Crippen molar-refractivity contribution in [1.82, 2.24) is 10.3 Å². The topological polar surface area (TPSA) is 44.9 Å². The second kappa shape index (κ2) is 6.88. The summed E-state index contributed by atoms with van der Waals surface area (Å²) in [5, 5.41) is 4.91. The molecule has 0 atom stereocenters. The second-order valence-corrected chi connectivity index (χ2v) is 6.11. The highest BCUT2D eigenvalue weighted by molar-refractivity contribution is 6.30. The van der Waals surface area contributed by atoms with E-state index in [1.54, 1.807) is 12.1 Å². The molecule has 0 aliphatic heterocycles. The lowest BCUT2D eigenvalue weighted by Gasteiger charge is -2.06. The number of carbonyl (C=O) groups excluding carboxylic acids is 1. The number of nitrogens with one attached hydrogen (secondary N) is 2. The number of rotatable bonds is 5. The number of aromatic nitrogens is 1. The first-order valence-corrected chi connectivity index (χ1v) is 8.08. The summed E-state index contributed by atoms with van der Waals surface area (Å²) in [7, 11) is 0. The molecule has 3 nitrogen and oxygen atoms in total. The van der Waals surface area contributed by atoms with Gasteiger partial charge in [-0.05, 0) is 42.7 Å². The van der Waals surface area contributed by atoms with Crippen LogP contribution in [0, 0.1) is 6.92 Å². The summed E-state index contributed by atoms with van der Waals surface area (Å²) in [5.74, 6) is 0.0322. The van der Waals surface area contributed by atoms with Crippen LogP contribution in [0.25, 0.3) is 10.9 Å². The van der Waals surface area contributed by atoms with E-state index in [4.69, 9.17) is 11.6 Å². The third-order valence-electron chi connectivity index (χ3n) is 4.00. The molecule has 2 aromatic carbocycles. The zero-order chi connectivity index (χ0) is 16.2. The van der Waals surface area contributed by atoms with Crippen LogP contribution in [0.5, 0.6) is 0 Å². The lowest BCUT2D eigenvalue weighted by atomic mass is 10.1. The molecule has 0 spiro atoms. The second-order valence-electron chi connectivity index (χ2n) is 5.68. The Morgan fingerprint density at radius 3 is 2.65 bits per heavy atom. The maximum atomic E-state index is 12.0. The zero-order valence-electron chi connectivity index (χ0n) is 13.0. The van der Waals surface area contributed by atoms with Crippen LogP contribution in [0.3, 0.4) is 0 Å². The molecule has 1 amide bonds. The predicted octanol–water partition coefficient (Wildman–Crippen LogP) is 4.03. The predicted molar refractivity (Wildman–Crippen MR) is 94.9 cm³/mol. The van der Waals surface area contributed by atoms with Gasteiger partial charge in [-0.2, -0.15) is 0 Å². The fourth-order valence-electron chi connectivity index (χ4n) is 2.83. The van der Waals surface area contributed by atoms with Gasteiger partial charge in [-0.25, -0.2) is 0 Å². The van der Waals surface area contributed by atoms with Crippen LogP contribution in [-0.4, -0.2) is 17.4 Å². The molecule has 1 aromatic heterocycles. The molecule has 0 saturated heterocycles. The molecular formula is C19H19ClN2O. The molecule has 1 heterocycles. The lowest BCUT2D eigenvalue weighted by molar-refractivity contribution is -0.120. The first-order chi connectivity index (χ1) is 11.1. The van der Waals surface area contributed by atoms with Gasteiger partial charge in [-0.3, -0.25) is 4.79 Å². The van der Waals surface area contributed by atoms with Gasteiger partial charge < -0.3 is 10.3 Å². The number of H-pyrrole nitrogens is 1. The number of amides is 1. The smallest absolute Gasteiger partial charge is 0.224 e. The first-order valence-electron chi connectivity index (χ1n) is 7.71. The van der Waals surface area contributed by atoms with E-state index in [-0.39, 0.29) is 5.91 Å². The number of carbonyl (C=O) groups is 1. The van der Waals surface area contributed by atoms with Gasteiger partial charge in [0.1, 0.15) is 0 Å². The van der Waals surface area contributed by atoms with Crippen LogP contribution in [-0.2, 0) is 17.6 Å². The van der Waals surface area contributed by atoms with E-state index in [0.717, 1.165) is 23.2 Å². The fourth-order valence-corrected chi connectivity index (χ4v) is 2.96. The van der Waals surface area contributed by atoms with E-state index in [2.05, 4.69) is 29.4 Å². The Labute approximate surface area is 140 Å². The first kappa shape index (κ1) is 15.6. The SMILES string of the molecule is Cc1[nH]c2ccccc2c1CCNC(=O)Cc1ccc(Cl)cc1. The molecule has 0 unspecified atom stereocenters. The number of para-hydroxylation sites is 1. The largest absolute Gasteiger partial charge is 0.358 e. The van der Waals surface area contributed by atoms with E-state index in [0.29, 0.717) is 18.0 Å². The van der Waals surface area contributed by atoms with E-state index < -0.39 is 0 Å². The minimum absolute atomic E-state index is 0.0322. The van der Waals surface area contributed by atoms with E-state index in [1.807, 2.05) is 24.3 Å². The normalized spacial score (nSPS) is 10.9. The van der Waals surface area contributed by atoms with Gasteiger partial charge in [0.2, 0.25) is 5.91 Å². The summed E-state index contributed by atoms with van der Waals surface area (Å²) in [6.45, 7) is 2.71. The van der Waals surface area contributed by atoms with Gasteiger partial charge in [-0.1, -0.05) is 41.9 Å². The van der Waals surface area contributed by atoms with Crippen molar-refractivity contribution >= 4 is 28.4 Å². The summed E-state index contributed by atoms with van der Waals surface area (Å²) in [4.78, 5) is 15.4. The molecule has 0 aliphatic carbocycles. The zero-order valence-corrected chi connectivity index (χ0v) is 13.8. The standard InChI is InChI=1S/C19H19ClN2O/c1-13-16(17-4-2-3-5-18(17)22-13)10-11-21-19(23)12-14-6-8-15(20)9-7-14/h2-9,22H,10-12H2,1H3,(H,21,23). The Hall–Kier alpha value is -2.26. The molecule has 4 heteroatoms. The number of benzene rings is 2. The van der Waals surface area contributed by atoms with Gasteiger partial charge in [0.15, 0.2) is 0 Å². The minimum Gasteiger partial charge on any atom is -0.358 e. The highest BCUT2D eigenvalue weighted by atomic mass is 35.5. The maximum Gasteiger partial charge on any atom is 0.224 e. The average molecular weight is 327 g/mol. The Morgan fingerprint density at radius 2 is 1.87 bits per heavy atom. The molecule has 118 valence electrons. The summed E-state index contributed by atoms with van der Waals surface area (Å²) in [6, 6.07) is 15.6. The average Bonchev–Trinajstić information content (AvgIpc) is 2.86. The van der Waals surface area contributed by atoms with Crippen LogP contribution in [0.1, 0.15) is 16.8 Å². The molecule has 0 bridgehead atoms. The van der Waals surface area contributed by atoms with Crippen molar-refractivity contribution in [3.05, 3.63) is 70.4 Å². The van der Waals surface area contributed by atoms with E-state index in [9.17, 15) is 4.79 Å². The van der Waals surface area contributed by atoms with Crippen molar-refractivity contribution in [2.24, 2.45) is 0 Å². The van der Waals surface area contributed by atoms with Crippen LogP contribution in [0.15, 0.2) is 48.5 Å². The van der Waals surface area contributed by atoms with Crippen molar-refractivity contribution in [1.29, 1.82) is 0 Å². The van der Waals surface area contributed by atoms with Crippen LogP contribution < -0.4 is 5.32 Å². The number of halogens is 1. The highest BCUT2D eigenvalue weighted by Gasteiger charge is 2.08. The summed E-state index contributed by atoms with van der Waals surface area (Å²) >= 11 is 5.85. The quantitative estimate of drug-likeness (QED) is 0.730. The Bertz CT molecular complexity index is 821. The molecule has 3 aromatic rings. The van der Waals surface area contributed by atoms with Crippen molar-refractivity contribution in [3.63, 3.8) is 0 Å². The highest BCUT2D eigenvalue weighted by Crippen LogP contribution is 2.21. The van der Waals surface area contributed by atoms with Crippen molar-refractivity contribution in [2.45, 2.75) is 19.8 Å². The minimum atomic E-state index is 0.0322. The molecular weight excluding hydrogens is 308 g/mol. The van der Waals surface area contributed by atoms with Crippen molar-refractivity contribution in [2.75, 3.05) is 6.54 Å². The number of aryl methyl sites for hydroxylation is 1. The van der Waals surface area contributed by atoms with Crippen molar-refractivity contribution < 1.29 is 4.79 Å². The van der Waals surface area contributed by atoms with Gasteiger partial charge >= 0.3 is 0 Å². The summed E-state index contributed by atoms with van der Waals surface area (Å²) in [5.41, 5.74) is 4.55. The molecule has 0 fully saturated rings. The Balaban J connectivity index is 1.57. The van der Waals surface area contributed by atoms with Crippen LogP contribution >= 0.6 is 11.6 Å². The van der Waals surface area contributed by atoms with Gasteiger partial charge in [-0.15, -0.1) is 0 Å². The number of hydrogen-bond donors (Lipinski definition) is 2. The monoisotopic (exact) mass is 326 g/mol. The van der Waals surface area contributed by atoms with Gasteiger partial charge in [0.25, 0.3) is 0 Å². The molecule has 3 rings (SSSR count). The summed E-state index contributed by atoms with van der Waals surface area (Å²) in [6.07, 6.45) is 1.20. The van der Waals surface area contributed by atoms with Gasteiger partial charge in [0.05, 0.1) is 6.42 Å². The van der Waals surface area contributed by atoms with Crippen LogP contribution in [0.4, 0.5) is 0 Å². The fraction of sp³-hybridized carbons (Fsp3) is 0.211. The van der Waals surface area contributed by atoms with Gasteiger partial charge in [0, 0.05) is 28.2 Å². The third-order valence-corrected chi connectivity index (χ3v) is 4.25. The van der Waals surface area contributed by atoms with E-state index in [1.165, 1.54) is 10.9 Å². The number of aromatic amines is 1. The maximum absolute atomic E-state index is 12.0. The lowest BCUT2D eigenvalue weighted by Crippen LogP contribution is -2.27. The molecule has 0 radical (unpaired) electrons. The molecule has 2 N–H and O–H groups in total. The van der Waals surface area contributed by atoms with E-state index >= 15 is 0 Å². The molecule has 0 aliphatic rings. The number of fused-ring (bicyclic) bond motifs is 1.